The number of hydrogen-bond acceptors (Lipinski definition) is 6. The molecule has 3 aromatic carbocycles. The van der Waals surface area contributed by atoms with Crippen LogP contribution in [-0.4, -0.2) is 41.2 Å². The van der Waals surface area contributed by atoms with Crippen molar-refractivity contribution in [2.45, 2.75) is 0 Å². The summed E-state index contributed by atoms with van der Waals surface area (Å²) in [6.07, 6.45) is 0. The number of aromatic nitrogens is 3. The summed E-state index contributed by atoms with van der Waals surface area (Å²) in [5.74, 6) is 1.52. The lowest BCUT2D eigenvalue weighted by molar-refractivity contribution is 0.102. The average Bonchev–Trinajstić information content (AvgIpc) is 3.22. The highest BCUT2D eigenvalue weighted by atomic mass is 35.5. The van der Waals surface area contributed by atoms with Crippen LogP contribution in [0.5, 0.6) is 17.2 Å². The van der Waals surface area contributed by atoms with Crippen molar-refractivity contribution in [2.24, 2.45) is 0 Å². The number of carbonyl (C=O) groups is 1. The largest absolute Gasteiger partial charge is 0.495 e. The molecule has 0 unspecified atom stereocenters. The van der Waals surface area contributed by atoms with E-state index in [-0.39, 0.29) is 5.91 Å². The molecule has 8 nitrogen and oxygen atoms in total. The third-order valence-electron chi connectivity index (χ3n) is 4.81. The van der Waals surface area contributed by atoms with E-state index >= 15 is 0 Å². The van der Waals surface area contributed by atoms with E-state index in [0.717, 1.165) is 0 Å². The van der Waals surface area contributed by atoms with E-state index in [1.807, 2.05) is 6.07 Å². The van der Waals surface area contributed by atoms with Gasteiger partial charge in [-0.3, -0.25) is 4.79 Å². The second-order valence-electron chi connectivity index (χ2n) is 6.82. The minimum absolute atomic E-state index is 0.259. The Bertz CT molecular complexity index is 1300. The summed E-state index contributed by atoms with van der Waals surface area (Å²) in [5, 5.41) is 12.3. The molecule has 1 aliphatic heterocycles. The van der Waals surface area contributed by atoms with Crippen molar-refractivity contribution < 1.29 is 19.0 Å². The number of nitrogens with one attached hydrogen (secondary N) is 1. The monoisotopic (exact) mass is 436 g/mol. The first-order valence-corrected chi connectivity index (χ1v) is 9.90. The molecule has 2 heterocycles. The van der Waals surface area contributed by atoms with Crippen LogP contribution in [-0.2, 0) is 0 Å². The number of ether oxygens (including phenoxy) is 3. The summed E-state index contributed by atoms with van der Waals surface area (Å²) in [4.78, 5) is 14.2. The fourth-order valence-electron chi connectivity index (χ4n) is 3.28. The standard InChI is InChI=1S/C22H17ClN4O4/c1-29-19-7-4-15(12-16(19)23)27-25-17-5-3-14(11-18(17)26-27)24-22(28)13-2-6-20-21(10-13)31-9-8-30-20/h2-7,10-12H,8-9H2,1H3,(H,24,28). The maximum absolute atomic E-state index is 12.7. The Balaban J connectivity index is 1.39. The quantitative estimate of drug-likeness (QED) is 0.518. The highest BCUT2D eigenvalue weighted by Crippen LogP contribution is 2.31. The van der Waals surface area contributed by atoms with Crippen molar-refractivity contribution in [1.29, 1.82) is 0 Å². The number of halogens is 1. The number of amides is 1. The Labute approximate surface area is 182 Å². The number of benzene rings is 3. The van der Waals surface area contributed by atoms with E-state index in [9.17, 15) is 4.79 Å². The molecule has 31 heavy (non-hydrogen) atoms. The first kappa shape index (κ1) is 19.2. The van der Waals surface area contributed by atoms with Crippen LogP contribution in [0.15, 0.2) is 54.6 Å². The van der Waals surface area contributed by atoms with Crippen molar-refractivity contribution in [3.05, 3.63) is 65.2 Å². The average molecular weight is 437 g/mol. The molecule has 0 saturated heterocycles. The molecule has 1 amide bonds. The van der Waals surface area contributed by atoms with Crippen LogP contribution < -0.4 is 19.5 Å². The highest BCUT2D eigenvalue weighted by molar-refractivity contribution is 6.32. The molecule has 0 radical (unpaired) electrons. The molecule has 4 aromatic rings. The number of methoxy groups -OCH3 is 1. The molecular formula is C22H17ClN4O4. The van der Waals surface area contributed by atoms with Crippen molar-refractivity contribution in [3.63, 3.8) is 0 Å². The van der Waals surface area contributed by atoms with Crippen LogP contribution in [0.2, 0.25) is 5.02 Å². The van der Waals surface area contributed by atoms with Gasteiger partial charge in [0.1, 0.15) is 30.0 Å². The molecule has 0 saturated carbocycles. The van der Waals surface area contributed by atoms with E-state index in [1.54, 1.807) is 55.6 Å². The fraction of sp³-hybridized carbons (Fsp3) is 0.136. The van der Waals surface area contributed by atoms with Crippen LogP contribution >= 0.6 is 11.6 Å². The molecule has 1 N–H and O–H groups in total. The zero-order valence-electron chi connectivity index (χ0n) is 16.5. The van der Waals surface area contributed by atoms with Gasteiger partial charge in [-0.15, -0.1) is 10.2 Å². The summed E-state index contributed by atoms with van der Waals surface area (Å²) in [6.45, 7) is 0.964. The van der Waals surface area contributed by atoms with Gasteiger partial charge in [-0.1, -0.05) is 11.6 Å². The van der Waals surface area contributed by atoms with Gasteiger partial charge in [0.05, 0.1) is 17.8 Å². The first-order chi connectivity index (χ1) is 15.1. The van der Waals surface area contributed by atoms with Crippen LogP contribution in [0.25, 0.3) is 16.7 Å². The summed E-state index contributed by atoms with van der Waals surface area (Å²) in [6, 6.07) is 15.7. The molecule has 0 atom stereocenters. The lowest BCUT2D eigenvalue weighted by Gasteiger charge is -2.18. The van der Waals surface area contributed by atoms with Crippen LogP contribution in [0.1, 0.15) is 10.4 Å². The maximum atomic E-state index is 12.7. The number of anilines is 1. The summed E-state index contributed by atoms with van der Waals surface area (Å²) in [5.41, 5.74) is 3.09. The van der Waals surface area contributed by atoms with E-state index in [2.05, 4.69) is 15.5 Å². The van der Waals surface area contributed by atoms with E-state index < -0.39 is 0 Å². The molecule has 5 rings (SSSR count). The molecule has 1 aliphatic rings. The van der Waals surface area contributed by atoms with Crippen LogP contribution in [0, 0.1) is 0 Å². The zero-order valence-corrected chi connectivity index (χ0v) is 17.2. The summed E-state index contributed by atoms with van der Waals surface area (Å²) >= 11 is 6.21. The lowest BCUT2D eigenvalue weighted by Crippen LogP contribution is -2.17. The normalized spacial score (nSPS) is 12.6. The minimum Gasteiger partial charge on any atom is -0.495 e. The maximum Gasteiger partial charge on any atom is 0.255 e. The predicted octanol–water partition coefficient (Wildman–Crippen LogP) is 4.11. The molecule has 0 spiro atoms. The van der Waals surface area contributed by atoms with E-state index in [4.69, 9.17) is 25.8 Å². The Morgan fingerprint density at radius 1 is 1.00 bits per heavy atom. The lowest BCUT2D eigenvalue weighted by atomic mass is 10.1. The molecule has 0 bridgehead atoms. The van der Waals surface area contributed by atoms with Gasteiger partial charge in [-0.25, -0.2) is 0 Å². The third-order valence-corrected chi connectivity index (χ3v) is 5.10. The summed E-state index contributed by atoms with van der Waals surface area (Å²) < 4.78 is 16.2. The van der Waals surface area contributed by atoms with Crippen LogP contribution in [0.3, 0.4) is 0 Å². The van der Waals surface area contributed by atoms with Gasteiger partial charge in [0, 0.05) is 11.3 Å². The van der Waals surface area contributed by atoms with E-state index in [1.165, 1.54) is 4.80 Å². The Kier molecular flexibility index (Phi) is 4.83. The number of rotatable bonds is 4. The van der Waals surface area contributed by atoms with Gasteiger partial charge in [0.15, 0.2) is 11.5 Å². The molecule has 0 aliphatic carbocycles. The molecule has 156 valence electrons. The Hall–Kier alpha value is -3.78. The molecule has 9 heteroatoms. The first-order valence-electron chi connectivity index (χ1n) is 9.53. The van der Waals surface area contributed by atoms with Gasteiger partial charge in [0.2, 0.25) is 0 Å². The second kappa shape index (κ2) is 7.81. The predicted molar refractivity (Wildman–Crippen MR) is 116 cm³/mol. The Morgan fingerprint density at radius 2 is 1.81 bits per heavy atom. The van der Waals surface area contributed by atoms with Gasteiger partial charge in [-0.2, -0.15) is 4.80 Å². The highest BCUT2D eigenvalue weighted by Gasteiger charge is 2.16. The zero-order chi connectivity index (χ0) is 21.4. The molecular weight excluding hydrogens is 420 g/mol. The molecule has 0 fully saturated rings. The Morgan fingerprint density at radius 3 is 2.61 bits per heavy atom. The van der Waals surface area contributed by atoms with Crippen LogP contribution in [0.4, 0.5) is 5.69 Å². The fourth-order valence-corrected chi connectivity index (χ4v) is 3.53. The number of fused-ring (bicyclic) bond motifs is 2. The van der Waals surface area contributed by atoms with Gasteiger partial charge in [0.25, 0.3) is 5.91 Å². The van der Waals surface area contributed by atoms with Gasteiger partial charge >= 0.3 is 0 Å². The van der Waals surface area contributed by atoms with Crippen molar-refractivity contribution >= 4 is 34.2 Å². The summed E-state index contributed by atoms with van der Waals surface area (Å²) in [7, 11) is 1.56. The van der Waals surface area contributed by atoms with Crippen molar-refractivity contribution in [1.82, 2.24) is 15.0 Å². The third kappa shape index (κ3) is 3.73. The SMILES string of the molecule is COc1ccc(-n2nc3ccc(NC(=O)c4ccc5c(c4)OCCO5)cc3n2)cc1Cl. The smallest absolute Gasteiger partial charge is 0.255 e. The number of nitrogens with zero attached hydrogens (tertiary/aromatic N) is 3. The second-order valence-corrected chi connectivity index (χ2v) is 7.23. The van der Waals surface area contributed by atoms with Crippen molar-refractivity contribution in [2.75, 3.05) is 25.6 Å². The minimum atomic E-state index is -0.259. The molecule has 1 aromatic heterocycles. The number of carbonyl (C=O) groups excluding carboxylic acids is 1. The van der Waals surface area contributed by atoms with E-state index in [0.29, 0.717) is 63.5 Å². The number of hydrogen-bond donors (Lipinski definition) is 1. The topological polar surface area (TPSA) is 87.5 Å². The van der Waals surface area contributed by atoms with Gasteiger partial charge < -0.3 is 19.5 Å². The van der Waals surface area contributed by atoms with Crippen molar-refractivity contribution in [3.8, 4) is 22.9 Å². The van der Waals surface area contributed by atoms with Gasteiger partial charge in [-0.05, 0) is 54.6 Å².